The molecule has 0 saturated carbocycles. The van der Waals surface area contributed by atoms with Gasteiger partial charge in [0.1, 0.15) is 5.75 Å². The average molecular weight is 258 g/mol. The first-order chi connectivity index (χ1) is 7.83. The van der Waals surface area contributed by atoms with Crippen LogP contribution < -0.4 is 9.64 Å². The second kappa shape index (κ2) is 5.15. The summed E-state index contributed by atoms with van der Waals surface area (Å²) in [7, 11) is 3.55. The van der Waals surface area contributed by atoms with Crippen molar-refractivity contribution in [1.29, 1.82) is 0 Å². The number of likely N-dealkylation sites (N-methyl/N-ethyl adjacent to an activating group) is 1. The van der Waals surface area contributed by atoms with Crippen LogP contribution in [0.4, 0.5) is 5.69 Å². The molecule has 1 aromatic rings. The first kappa shape index (κ1) is 14.1. The van der Waals surface area contributed by atoms with Crippen LogP contribution in [0, 0.1) is 6.92 Å². The van der Waals surface area contributed by atoms with Gasteiger partial charge >= 0.3 is 0 Å². The second-order valence-electron chi connectivity index (χ2n) is 4.80. The Hall–Kier alpha value is -0.930. The van der Waals surface area contributed by atoms with Crippen LogP contribution in [0.25, 0.3) is 0 Å². The molecule has 0 aliphatic rings. The molecular weight excluding hydrogens is 238 g/mol. The van der Waals surface area contributed by atoms with E-state index in [1.807, 2.05) is 44.9 Å². The van der Waals surface area contributed by atoms with Gasteiger partial charge in [0.15, 0.2) is 0 Å². The Bertz CT molecular complexity index is 405. The van der Waals surface area contributed by atoms with E-state index in [2.05, 4.69) is 0 Å². The van der Waals surface area contributed by atoms with Crippen molar-refractivity contribution in [3.05, 3.63) is 22.7 Å². The van der Waals surface area contributed by atoms with Crippen LogP contribution in [0.5, 0.6) is 5.75 Å². The molecule has 0 aliphatic heterocycles. The van der Waals surface area contributed by atoms with Crippen molar-refractivity contribution in [2.75, 3.05) is 25.7 Å². The molecule has 17 heavy (non-hydrogen) atoms. The molecule has 0 aromatic heterocycles. The Morgan fingerprint density at radius 1 is 1.41 bits per heavy atom. The third-order valence-corrected chi connectivity index (χ3v) is 3.52. The lowest BCUT2D eigenvalue weighted by molar-refractivity contribution is 0.215. The Labute approximate surface area is 108 Å². The van der Waals surface area contributed by atoms with Gasteiger partial charge in [-0.1, -0.05) is 11.6 Å². The summed E-state index contributed by atoms with van der Waals surface area (Å²) in [5.74, 6) is 0.760. The van der Waals surface area contributed by atoms with Gasteiger partial charge in [-0.15, -0.1) is 0 Å². The molecule has 0 aliphatic carbocycles. The van der Waals surface area contributed by atoms with Crippen molar-refractivity contribution in [3.8, 4) is 5.75 Å². The summed E-state index contributed by atoms with van der Waals surface area (Å²) in [5, 5.41) is 10.1. The number of aliphatic hydroxyl groups is 1. The molecular formula is C13H20ClNO2. The minimum Gasteiger partial charge on any atom is -0.495 e. The van der Waals surface area contributed by atoms with Crippen molar-refractivity contribution in [1.82, 2.24) is 0 Å². The van der Waals surface area contributed by atoms with Crippen LogP contribution in [0.3, 0.4) is 0 Å². The predicted molar refractivity (Wildman–Crippen MR) is 72.3 cm³/mol. The third-order valence-electron chi connectivity index (χ3n) is 3.12. The summed E-state index contributed by atoms with van der Waals surface area (Å²) in [5.41, 5.74) is 1.48. The lowest BCUT2D eigenvalue weighted by atomic mass is 10.0. The molecule has 4 heteroatoms. The van der Waals surface area contributed by atoms with Gasteiger partial charge in [0.2, 0.25) is 0 Å². The van der Waals surface area contributed by atoms with E-state index in [4.69, 9.17) is 16.3 Å². The SMILES string of the molecule is COc1cc(C)c(Cl)cc1N(C)C(C)(C)CO. The highest BCUT2D eigenvalue weighted by Crippen LogP contribution is 2.36. The van der Waals surface area contributed by atoms with Gasteiger partial charge in [-0.05, 0) is 38.5 Å². The summed E-state index contributed by atoms with van der Waals surface area (Å²) < 4.78 is 5.36. The van der Waals surface area contributed by atoms with Gasteiger partial charge in [-0.3, -0.25) is 0 Å². The number of methoxy groups -OCH3 is 1. The van der Waals surface area contributed by atoms with Gasteiger partial charge in [0, 0.05) is 12.1 Å². The van der Waals surface area contributed by atoms with Crippen LogP contribution in [0.15, 0.2) is 12.1 Å². The number of rotatable bonds is 4. The molecule has 0 heterocycles. The van der Waals surface area contributed by atoms with Crippen LogP contribution in [-0.2, 0) is 0 Å². The zero-order valence-corrected chi connectivity index (χ0v) is 11.8. The van der Waals surface area contributed by atoms with E-state index in [0.717, 1.165) is 17.0 Å². The van der Waals surface area contributed by atoms with Crippen molar-refractivity contribution in [3.63, 3.8) is 0 Å². The monoisotopic (exact) mass is 257 g/mol. The Balaban J connectivity index is 3.25. The van der Waals surface area contributed by atoms with Gasteiger partial charge in [0.25, 0.3) is 0 Å². The lowest BCUT2D eigenvalue weighted by Gasteiger charge is -2.36. The predicted octanol–water partition coefficient (Wildman–Crippen LogP) is 2.86. The van der Waals surface area contributed by atoms with Crippen LogP contribution in [-0.4, -0.2) is 31.4 Å². The number of halogens is 1. The Kier molecular flexibility index (Phi) is 4.28. The zero-order valence-electron chi connectivity index (χ0n) is 11.0. The summed E-state index contributed by atoms with van der Waals surface area (Å²) in [4.78, 5) is 1.97. The Morgan fingerprint density at radius 2 is 2.00 bits per heavy atom. The van der Waals surface area contributed by atoms with E-state index >= 15 is 0 Å². The first-order valence-electron chi connectivity index (χ1n) is 5.52. The number of aryl methyl sites for hydroxylation is 1. The van der Waals surface area contributed by atoms with E-state index in [-0.39, 0.29) is 12.1 Å². The fourth-order valence-corrected chi connectivity index (χ4v) is 1.66. The number of aliphatic hydroxyl groups excluding tert-OH is 1. The van der Waals surface area contributed by atoms with E-state index in [1.54, 1.807) is 7.11 Å². The standard InChI is InChI=1S/C13H20ClNO2/c1-9-6-12(17-5)11(7-10(9)14)15(4)13(2,3)8-16/h6-7,16H,8H2,1-5H3. The molecule has 0 unspecified atom stereocenters. The summed E-state index contributed by atoms with van der Waals surface area (Å²) in [6, 6.07) is 3.77. The van der Waals surface area contributed by atoms with Gasteiger partial charge in [-0.25, -0.2) is 0 Å². The second-order valence-corrected chi connectivity index (χ2v) is 5.21. The molecule has 0 fully saturated rings. The largest absolute Gasteiger partial charge is 0.495 e. The summed E-state index contributed by atoms with van der Waals surface area (Å²) >= 11 is 6.14. The highest BCUT2D eigenvalue weighted by atomic mass is 35.5. The topological polar surface area (TPSA) is 32.7 Å². The van der Waals surface area contributed by atoms with Crippen LogP contribution in [0.1, 0.15) is 19.4 Å². The van der Waals surface area contributed by atoms with E-state index in [9.17, 15) is 5.11 Å². The smallest absolute Gasteiger partial charge is 0.142 e. The first-order valence-corrected chi connectivity index (χ1v) is 5.90. The quantitative estimate of drug-likeness (QED) is 0.900. The molecule has 1 rings (SSSR count). The lowest BCUT2D eigenvalue weighted by Crippen LogP contribution is -2.44. The molecule has 0 saturated heterocycles. The number of anilines is 1. The van der Waals surface area contributed by atoms with Crippen molar-refractivity contribution < 1.29 is 9.84 Å². The van der Waals surface area contributed by atoms with E-state index < -0.39 is 0 Å². The number of hydrogen-bond donors (Lipinski definition) is 1. The summed E-state index contributed by atoms with van der Waals surface area (Å²) in [6.07, 6.45) is 0. The molecule has 0 amide bonds. The van der Waals surface area contributed by atoms with Gasteiger partial charge < -0.3 is 14.7 Å². The minimum atomic E-state index is -0.369. The fraction of sp³-hybridized carbons (Fsp3) is 0.538. The molecule has 1 aromatic carbocycles. The Morgan fingerprint density at radius 3 is 2.47 bits per heavy atom. The van der Waals surface area contributed by atoms with Gasteiger partial charge in [-0.2, -0.15) is 0 Å². The highest BCUT2D eigenvalue weighted by molar-refractivity contribution is 6.31. The van der Waals surface area contributed by atoms with Crippen molar-refractivity contribution in [2.24, 2.45) is 0 Å². The molecule has 3 nitrogen and oxygen atoms in total. The highest BCUT2D eigenvalue weighted by Gasteiger charge is 2.25. The maximum Gasteiger partial charge on any atom is 0.142 e. The number of ether oxygens (including phenoxy) is 1. The maximum atomic E-state index is 9.40. The molecule has 0 radical (unpaired) electrons. The number of benzene rings is 1. The molecule has 1 N–H and O–H groups in total. The van der Waals surface area contributed by atoms with Crippen LogP contribution >= 0.6 is 11.6 Å². The van der Waals surface area contributed by atoms with E-state index in [1.165, 1.54) is 0 Å². The third kappa shape index (κ3) is 2.85. The average Bonchev–Trinajstić information content (AvgIpc) is 2.31. The molecule has 96 valence electrons. The summed E-state index contributed by atoms with van der Waals surface area (Å²) in [6.45, 7) is 5.91. The molecule has 0 atom stereocenters. The zero-order chi connectivity index (χ0) is 13.2. The maximum absolute atomic E-state index is 9.40. The minimum absolute atomic E-state index is 0.0537. The fourth-order valence-electron chi connectivity index (χ4n) is 1.50. The molecule has 0 bridgehead atoms. The van der Waals surface area contributed by atoms with Crippen molar-refractivity contribution >= 4 is 17.3 Å². The number of hydrogen-bond acceptors (Lipinski definition) is 3. The molecule has 0 spiro atoms. The van der Waals surface area contributed by atoms with Crippen molar-refractivity contribution in [2.45, 2.75) is 26.3 Å². The number of nitrogens with zero attached hydrogens (tertiary/aromatic N) is 1. The van der Waals surface area contributed by atoms with E-state index in [0.29, 0.717) is 5.02 Å². The van der Waals surface area contributed by atoms with Gasteiger partial charge in [0.05, 0.1) is 24.9 Å². The normalized spacial score (nSPS) is 11.5. The van der Waals surface area contributed by atoms with Crippen LogP contribution in [0.2, 0.25) is 5.02 Å².